The third kappa shape index (κ3) is 3.98. The van der Waals surface area contributed by atoms with Crippen LogP contribution in [0.3, 0.4) is 0 Å². The molecule has 0 atom stereocenters. The van der Waals surface area contributed by atoms with Crippen LogP contribution in [-0.4, -0.2) is 17.5 Å². The molecule has 0 radical (unpaired) electrons. The molecule has 0 aliphatic heterocycles. The number of hydrogen-bond acceptors (Lipinski definition) is 3. The first-order chi connectivity index (χ1) is 10.3. The van der Waals surface area contributed by atoms with E-state index >= 15 is 0 Å². The summed E-state index contributed by atoms with van der Waals surface area (Å²) in [6, 6.07) is 13.1. The maximum Gasteiger partial charge on any atom is 0.117 e. The molecule has 3 heteroatoms. The first kappa shape index (κ1) is 13.9. The zero-order chi connectivity index (χ0) is 14.5. The highest BCUT2D eigenvalue weighted by Gasteiger charge is 2.29. The van der Waals surface area contributed by atoms with Crippen LogP contribution in [0.25, 0.3) is 0 Å². The molecular formula is C18H20N2O. The van der Waals surface area contributed by atoms with Gasteiger partial charge in [0.1, 0.15) is 5.76 Å². The fourth-order valence-corrected chi connectivity index (χ4v) is 2.49. The van der Waals surface area contributed by atoms with Crippen LogP contribution in [0, 0.1) is 11.8 Å². The summed E-state index contributed by atoms with van der Waals surface area (Å²) in [5.74, 6) is 7.03. The summed E-state index contributed by atoms with van der Waals surface area (Å²) >= 11 is 0. The van der Waals surface area contributed by atoms with E-state index in [0.717, 1.165) is 24.4 Å². The van der Waals surface area contributed by atoms with Crippen LogP contribution in [0.2, 0.25) is 0 Å². The third-order valence-electron chi connectivity index (χ3n) is 3.65. The second-order valence-corrected chi connectivity index (χ2v) is 5.42. The summed E-state index contributed by atoms with van der Waals surface area (Å²) in [4.78, 5) is 2.48. The van der Waals surface area contributed by atoms with Crippen molar-refractivity contribution in [3.8, 4) is 11.8 Å². The number of nitrogens with zero attached hydrogens (tertiary/aromatic N) is 1. The fourth-order valence-electron chi connectivity index (χ4n) is 2.49. The van der Waals surface area contributed by atoms with Crippen molar-refractivity contribution >= 4 is 0 Å². The molecule has 1 heterocycles. The molecule has 0 saturated heterocycles. The van der Waals surface area contributed by atoms with Crippen molar-refractivity contribution in [2.75, 3.05) is 6.54 Å². The predicted molar refractivity (Wildman–Crippen MR) is 83.4 cm³/mol. The first-order valence-electron chi connectivity index (χ1n) is 7.39. The zero-order valence-electron chi connectivity index (χ0n) is 12.1. The average molecular weight is 280 g/mol. The lowest BCUT2D eigenvalue weighted by Gasteiger charge is -2.21. The largest absolute Gasteiger partial charge is 0.468 e. The van der Waals surface area contributed by atoms with Crippen molar-refractivity contribution in [3.63, 3.8) is 0 Å². The Morgan fingerprint density at radius 3 is 2.81 bits per heavy atom. The van der Waals surface area contributed by atoms with Gasteiger partial charge in [-0.15, -0.1) is 0 Å². The van der Waals surface area contributed by atoms with Crippen molar-refractivity contribution < 1.29 is 4.42 Å². The van der Waals surface area contributed by atoms with E-state index in [-0.39, 0.29) is 0 Å². The molecule has 2 N–H and O–H groups in total. The Morgan fingerprint density at radius 1 is 1.19 bits per heavy atom. The van der Waals surface area contributed by atoms with Crippen molar-refractivity contribution in [2.45, 2.75) is 32.0 Å². The Bertz CT molecular complexity index is 633. The van der Waals surface area contributed by atoms with Crippen molar-refractivity contribution in [1.82, 2.24) is 4.90 Å². The Labute approximate surface area is 125 Å². The lowest BCUT2D eigenvalue weighted by molar-refractivity contribution is 0.225. The minimum atomic E-state index is 0.400. The summed E-state index contributed by atoms with van der Waals surface area (Å²) in [5.41, 5.74) is 7.75. The molecule has 0 spiro atoms. The molecule has 1 fully saturated rings. The molecule has 108 valence electrons. The summed E-state index contributed by atoms with van der Waals surface area (Å²) in [7, 11) is 0. The first-order valence-corrected chi connectivity index (χ1v) is 7.39. The van der Waals surface area contributed by atoms with Crippen LogP contribution in [-0.2, 0) is 13.1 Å². The maximum atomic E-state index is 5.48. The van der Waals surface area contributed by atoms with E-state index in [1.807, 2.05) is 18.2 Å². The zero-order valence-corrected chi connectivity index (χ0v) is 12.1. The monoisotopic (exact) mass is 280 g/mol. The van der Waals surface area contributed by atoms with E-state index in [1.165, 1.54) is 18.4 Å². The average Bonchev–Trinajstić information content (AvgIpc) is 3.23. The summed E-state index contributed by atoms with van der Waals surface area (Å²) in [6.45, 7) is 2.21. The van der Waals surface area contributed by atoms with Crippen molar-refractivity contribution in [2.24, 2.45) is 5.73 Å². The standard InChI is InChI=1S/C18H20N2O/c19-10-2-6-15-4-1-5-16(12-15)13-20(17-8-9-17)14-18-7-3-11-21-18/h1,3-5,7,11-12,17H,8-10,13-14,19H2. The van der Waals surface area contributed by atoms with Crippen LogP contribution >= 0.6 is 0 Å². The van der Waals surface area contributed by atoms with E-state index in [1.54, 1.807) is 6.26 Å². The molecule has 0 unspecified atom stereocenters. The number of rotatable bonds is 5. The number of nitrogens with two attached hydrogens (primary N) is 1. The molecular weight excluding hydrogens is 260 g/mol. The Balaban J connectivity index is 1.70. The van der Waals surface area contributed by atoms with Crippen LogP contribution < -0.4 is 5.73 Å². The van der Waals surface area contributed by atoms with Gasteiger partial charge in [0, 0.05) is 18.2 Å². The van der Waals surface area contributed by atoms with Gasteiger partial charge in [-0.05, 0) is 42.7 Å². The molecule has 1 aromatic heterocycles. The van der Waals surface area contributed by atoms with Gasteiger partial charge in [-0.2, -0.15) is 0 Å². The highest BCUT2D eigenvalue weighted by atomic mass is 16.3. The van der Waals surface area contributed by atoms with E-state index < -0.39 is 0 Å². The molecule has 1 aliphatic carbocycles. The Kier molecular flexibility index (Phi) is 4.40. The van der Waals surface area contributed by atoms with Gasteiger partial charge < -0.3 is 10.2 Å². The smallest absolute Gasteiger partial charge is 0.117 e. The molecule has 21 heavy (non-hydrogen) atoms. The van der Waals surface area contributed by atoms with E-state index in [4.69, 9.17) is 10.2 Å². The molecule has 1 aromatic carbocycles. The molecule has 1 aliphatic rings. The fraction of sp³-hybridized carbons (Fsp3) is 0.333. The Hall–Kier alpha value is -2.02. The Morgan fingerprint density at radius 2 is 2.10 bits per heavy atom. The number of benzene rings is 1. The number of furan rings is 1. The van der Waals surface area contributed by atoms with Crippen molar-refractivity contribution in [1.29, 1.82) is 0 Å². The van der Waals surface area contributed by atoms with Crippen LogP contribution in [0.5, 0.6) is 0 Å². The minimum Gasteiger partial charge on any atom is -0.468 e. The second-order valence-electron chi connectivity index (χ2n) is 5.42. The molecule has 1 saturated carbocycles. The van der Waals surface area contributed by atoms with Gasteiger partial charge in [0.25, 0.3) is 0 Å². The van der Waals surface area contributed by atoms with E-state index in [2.05, 4.69) is 34.9 Å². The van der Waals surface area contributed by atoms with Crippen LogP contribution in [0.4, 0.5) is 0 Å². The lowest BCUT2D eigenvalue weighted by atomic mass is 10.1. The topological polar surface area (TPSA) is 42.4 Å². The van der Waals surface area contributed by atoms with Gasteiger partial charge in [-0.1, -0.05) is 24.0 Å². The summed E-state index contributed by atoms with van der Waals surface area (Å²) in [6.07, 6.45) is 4.31. The van der Waals surface area contributed by atoms with E-state index in [9.17, 15) is 0 Å². The van der Waals surface area contributed by atoms with Gasteiger partial charge in [-0.25, -0.2) is 0 Å². The highest BCUT2D eigenvalue weighted by Crippen LogP contribution is 2.30. The normalized spacial score (nSPS) is 14.0. The lowest BCUT2D eigenvalue weighted by Crippen LogP contribution is -2.24. The molecule has 3 nitrogen and oxygen atoms in total. The summed E-state index contributed by atoms with van der Waals surface area (Å²) in [5, 5.41) is 0. The van der Waals surface area contributed by atoms with Gasteiger partial charge in [0.05, 0.1) is 19.4 Å². The minimum absolute atomic E-state index is 0.400. The van der Waals surface area contributed by atoms with E-state index in [0.29, 0.717) is 12.6 Å². The maximum absolute atomic E-state index is 5.48. The van der Waals surface area contributed by atoms with Crippen molar-refractivity contribution in [3.05, 3.63) is 59.5 Å². The summed E-state index contributed by atoms with van der Waals surface area (Å²) < 4.78 is 5.48. The molecule has 0 bridgehead atoms. The van der Waals surface area contributed by atoms with Gasteiger partial charge in [-0.3, -0.25) is 4.90 Å². The molecule has 3 rings (SSSR count). The molecule has 0 amide bonds. The second kappa shape index (κ2) is 6.62. The predicted octanol–water partition coefficient (Wildman–Crippen LogP) is 2.75. The van der Waals surface area contributed by atoms with Crippen LogP contribution in [0.1, 0.15) is 29.7 Å². The van der Waals surface area contributed by atoms with Crippen LogP contribution in [0.15, 0.2) is 47.1 Å². The highest BCUT2D eigenvalue weighted by molar-refractivity contribution is 5.37. The quantitative estimate of drug-likeness (QED) is 0.856. The SMILES string of the molecule is NCC#Cc1cccc(CN(Cc2ccco2)C2CC2)c1. The van der Waals surface area contributed by atoms with Gasteiger partial charge in [0.15, 0.2) is 0 Å². The molecule has 2 aromatic rings. The van der Waals surface area contributed by atoms with Gasteiger partial charge >= 0.3 is 0 Å². The third-order valence-corrected chi connectivity index (χ3v) is 3.65. The number of hydrogen-bond donors (Lipinski definition) is 1. The van der Waals surface area contributed by atoms with Gasteiger partial charge in [0.2, 0.25) is 0 Å².